The molecule has 0 saturated carbocycles. The molecule has 7 heteroatoms. The predicted octanol–water partition coefficient (Wildman–Crippen LogP) is 1.53. The van der Waals surface area contributed by atoms with Crippen LogP contribution < -0.4 is 0 Å². The van der Waals surface area contributed by atoms with Crippen LogP contribution in [0.1, 0.15) is 23.2 Å². The fourth-order valence-electron chi connectivity index (χ4n) is 2.13. The van der Waals surface area contributed by atoms with E-state index in [1.807, 2.05) is 0 Å². The van der Waals surface area contributed by atoms with Gasteiger partial charge in [-0.15, -0.1) is 0 Å². The first kappa shape index (κ1) is 14.7. The first-order valence-electron chi connectivity index (χ1n) is 6.03. The van der Waals surface area contributed by atoms with Gasteiger partial charge in [-0.3, -0.25) is 4.79 Å². The summed E-state index contributed by atoms with van der Waals surface area (Å²) in [6, 6.07) is 3.68. The lowest BCUT2D eigenvalue weighted by molar-refractivity contribution is -0.162. The van der Waals surface area contributed by atoms with Gasteiger partial charge in [-0.05, 0) is 18.2 Å². The molecule has 1 aromatic rings. The van der Waals surface area contributed by atoms with Crippen molar-refractivity contribution in [3.05, 3.63) is 34.6 Å². The number of amides is 1. The van der Waals surface area contributed by atoms with Crippen molar-refractivity contribution in [2.24, 2.45) is 0 Å². The van der Waals surface area contributed by atoms with Crippen molar-refractivity contribution in [3.8, 4) is 0 Å². The molecule has 1 aliphatic heterocycles. The molecule has 5 nitrogen and oxygen atoms in total. The maximum atomic E-state index is 13.6. The molecule has 1 saturated heterocycles. The number of aliphatic hydroxyl groups is 1. The smallest absolute Gasteiger partial charge is 0.335 e. The average molecular weight is 302 g/mol. The van der Waals surface area contributed by atoms with E-state index in [1.54, 1.807) is 0 Å². The Hall–Kier alpha value is -1.66. The number of carboxylic acid groups (broad SMARTS) is 1. The second-order valence-electron chi connectivity index (χ2n) is 4.75. The molecule has 2 rings (SSSR count). The molecule has 0 aromatic heterocycles. The number of hydrogen-bond acceptors (Lipinski definition) is 3. The van der Waals surface area contributed by atoms with Crippen molar-refractivity contribution in [2.75, 3.05) is 13.1 Å². The Balaban J connectivity index is 2.13. The van der Waals surface area contributed by atoms with Crippen molar-refractivity contribution in [3.63, 3.8) is 0 Å². The number of likely N-dealkylation sites (tertiary alicyclic amines) is 1. The molecule has 1 fully saturated rings. The summed E-state index contributed by atoms with van der Waals surface area (Å²) in [5.74, 6) is -2.55. The lowest BCUT2D eigenvalue weighted by Crippen LogP contribution is -2.50. The van der Waals surface area contributed by atoms with Gasteiger partial charge in [0.2, 0.25) is 0 Å². The third-order valence-electron chi connectivity index (χ3n) is 3.43. The molecule has 108 valence electrons. The Morgan fingerprint density at radius 2 is 1.90 bits per heavy atom. The van der Waals surface area contributed by atoms with Gasteiger partial charge in [-0.25, -0.2) is 9.18 Å². The van der Waals surface area contributed by atoms with Gasteiger partial charge >= 0.3 is 5.97 Å². The zero-order valence-corrected chi connectivity index (χ0v) is 11.2. The van der Waals surface area contributed by atoms with Crippen molar-refractivity contribution >= 4 is 23.5 Å². The molecule has 1 aliphatic rings. The van der Waals surface area contributed by atoms with Crippen LogP contribution in [0, 0.1) is 5.82 Å². The van der Waals surface area contributed by atoms with Crippen molar-refractivity contribution < 1.29 is 24.2 Å². The van der Waals surface area contributed by atoms with Crippen LogP contribution in [0.5, 0.6) is 0 Å². The van der Waals surface area contributed by atoms with E-state index in [2.05, 4.69) is 0 Å². The van der Waals surface area contributed by atoms with Crippen LogP contribution in [0.4, 0.5) is 4.39 Å². The maximum Gasteiger partial charge on any atom is 0.335 e. The molecule has 0 bridgehead atoms. The molecule has 0 spiro atoms. The largest absolute Gasteiger partial charge is 0.479 e. The van der Waals surface area contributed by atoms with Crippen LogP contribution in [0.25, 0.3) is 0 Å². The van der Waals surface area contributed by atoms with Gasteiger partial charge in [-0.1, -0.05) is 11.6 Å². The highest BCUT2D eigenvalue weighted by Gasteiger charge is 2.40. The van der Waals surface area contributed by atoms with E-state index in [0.717, 1.165) is 6.07 Å². The number of nitrogens with zero attached hydrogens (tertiary/aromatic N) is 1. The van der Waals surface area contributed by atoms with E-state index in [9.17, 15) is 19.1 Å². The number of carbonyl (C=O) groups excluding carboxylic acids is 1. The number of halogens is 2. The molecule has 0 aliphatic carbocycles. The van der Waals surface area contributed by atoms with E-state index in [0.29, 0.717) is 0 Å². The first-order valence-corrected chi connectivity index (χ1v) is 6.41. The molecule has 1 aromatic carbocycles. The summed E-state index contributed by atoms with van der Waals surface area (Å²) < 4.78 is 13.6. The quantitative estimate of drug-likeness (QED) is 0.868. The van der Waals surface area contributed by atoms with Crippen molar-refractivity contribution in [1.82, 2.24) is 4.90 Å². The normalized spacial score (nSPS) is 17.9. The number of carbonyl (C=O) groups is 2. The lowest BCUT2D eigenvalue weighted by Gasteiger charge is -2.35. The molecular formula is C13H13ClFNO4. The third kappa shape index (κ3) is 2.76. The van der Waals surface area contributed by atoms with Crippen molar-refractivity contribution in [1.29, 1.82) is 0 Å². The summed E-state index contributed by atoms with van der Waals surface area (Å²) >= 11 is 5.73. The fourth-order valence-corrected chi connectivity index (χ4v) is 2.30. The first-order chi connectivity index (χ1) is 9.33. The molecule has 0 atom stereocenters. The van der Waals surface area contributed by atoms with Crippen LogP contribution in [0.3, 0.4) is 0 Å². The molecule has 2 N–H and O–H groups in total. The summed E-state index contributed by atoms with van der Waals surface area (Å²) in [7, 11) is 0. The topological polar surface area (TPSA) is 77.8 Å². The standard InChI is InChI=1S/C13H13ClFNO4/c14-8-1-2-10(15)9(7-8)11(17)16-5-3-13(20,4-6-16)12(18)19/h1-2,7,20H,3-6H2,(H,18,19). The minimum Gasteiger partial charge on any atom is -0.479 e. The molecule has 0 radical (unpaired) electrons. The minimum absolute atomic E-state index is 0.0492. The number of piperidine rings is 1. The highest BCUT2D eigenvalue weighted by Crippen LogP contribution is 2.25. The number of aliphatic carboxylic acids is 1. The van der Waals surface area contributed by atoms with Crippen LogP contribution in [-0.4, -0.2) is 45.7 Å². The summed E-state index contributed by atoms with van der Waals surface area (Å²) in [5.41, 5.74) is -1.97. The highest BCUT2D eigenvalue weighted by molar-refractivity contribution is 6.31. The van der Waals surface area contributed by atoms with Gasteiger partial charge in [0.15, 0.2) is 5.60 Å². The molecule has 20 heavy (non-hydrogen) atoms. The van der Waals surface area contributed by atoms with Crippen LogP contribution in [-0.2, 0) is 4.79 Å². The number of benzene rings is 1. The van der Waals surface area contributed by atoms with Crippen LogP contribution >= 0.6 is 11.6 Å². The maximum absolute atomic E-state index is 13.6. The zero-order valence-electron chi connectivity index (χ0n) is 10.5. The number of rotatable bonds is 2. The fraction of sp³-hybridized carbons (Fsp3) is 0.385. The minimum atomic E-state index is -1.82. The van der Waals surface area contributed by atoms with E-state index in [1.165, 1.54) is 17.0 Å². The van der Waals surface area contributed by atoms with Crippen LogP contribution in [0.15, 0.2) is 18.2 Å². The molecule has 1 heterocycles. The van der Waals surface area contributed by atoms with E-state index in [-0.39, 0.29) is 36.5 Å². The van der Waals surface area contributed by atoms with Gasteiger partial charge in [-0.2, -0.15) is 0 Å². The zero-order chi connectivity index (χ0) is 14.9. The Morgan fingerprint density at radius 1 is 1.30 bits per heavy atom. The average Bonchev–Trinajstić information content (AvgIpc) is 2.41. The van der Waals surface area contributed by atoms with Crippen LogP contribution in [0.2, 0.25) is 5.02 Å². The van der Waals surface area contributed by atoms with E-state index < -0.39 is 23.3 Å². The highest BCUT2D eigenvalue weighted by atomic mass is 35.5. The predicted molar refractivity (Wildman–Crippen MR) is 69.1 cm³/mol. The van der Waals surface area contributed by atoms with E-state index in [4.69, 9.17) is 16.7 Å². The van der Waals surface area contributed by atoms with Gasteiger partial charge in [0.1, 0.15) is 5.82 Å². The van der Waals surface area contributed by atoms with Gasteiger partial charge in [0, 0.05) is 31.0 Å². The summed E-state index contributed by atoms with van der Waals surface area (Å²) in [6.07, 6.45) is -0.174. The summed E-state index contributed by atoms with van der Waals surface area (Å²) in [4.78, 5) is 24.4. The number of hydrogen-bond donors (Lipinski definition) is 2. The second-order valence-corrected chi connectivity index (χ2v) is 5.19. The molecule has 0 unspecified atom stereocenters. The Morgan fingerprint density at radius 3 is 2.45 bits per heavy atom. The van der Waals surface area contributed by atoms with Gasteiger partial charge in [0.05, 0.1) is 5.56 Å². The molecule has 1 amide bonds. The Labute approximate surface area is 119 Å². The third-order valence-corrected chi connectivity index (χ3v) is 3.67. The summed E-state index contributed by atoms with van der Waals surface area (Å²) in [5, 5.41) is 18.9. The van der Waals surface area contributed by atoms with Gasteiger partial charge in [0.25, 0.3) is 5.91 Å². The SMILES string of the molecule is O=C(c1cc(Cl)ccc1F)N1CCC(O)(C(=O)O)CC1. The second kappa shape index (κ2) is 5.38. The Bertz CT molecular complexity index is 555. The monoisotopic (exact) mass is 301 g/mol. The Kier molecular flexibility index (Phi) is 3.96. The number of carboxylic acids is 1. The van der Waals surface area contributed by atoms with E-state index >= 15 is 0 Å². The summed E-state index contributed by atoms with van der Waals surface area (Å²) in [6.45, 7) is 0.0984. The molecular weight excluding hydrogens is 289 g/mol. The van der Waals surface area contributed by atoms with Gasteiger partial charge < -0.3 is 15.1 Å². The lowest BCUT2D eigenvalue weighted by atomic mass is 9.91. The van der Waals surface area contributed by atoms with Crippen molar-refractivity contribution in [2.45, 2.75) is 18.4 Å².